The van der Waals surface area contributed by atoms with Gasteiger partial charge in [0.1, 0.15) is 0 Å². The van der Waals surface area contributed by atoms with Gasteiger partial charge < -0.3 is 5.11 Å². The second kappa shape index (κ2) is 11.7. The number of hydrogen-bond donors (Lipinski definition) is 1. The maximum absolute atomic E-state index is 10.3. The van der Waals surface area contributed by atoms with E-state index >= 15 is 0 Å². The van der Waals surface area contributed by atoms with Gasteiger partial charge in [0.25, 0.3) is 0 Å². The largest absolute Gasteiger partial charge is 0.481 e. The van der Waals surface area contributed by atoms with E-state index in [1.165, 1.54) is 38.5 Å². The van der Waals surface area contributed by atoms with Crippen LogP contribution in [-0.4, -0.2) is 11.1 Å². The number of carboxylic acid groups (broad SMARTS) is 1. The first-order valence-electron chi connectivity index (χ1n) is 7.05. The summed E-state index contributed by atoms with van der Waals surface area (Å²) in [6.45, 7) is 4.48. The minimum atomic E-state index is -0.669. The third kappa shape index (κ3) is 13.1. The fourth-order valence-electron chi connectivity index (χ4n) is 1.84. The highest BCUT2D eigenvalue weighted by molar-refractivity contribution is 5.66. The third-order valence-corrected chi connectivity index (χ3v) is 2.99. The van der Waals surface area contributed by atoms with Crippen LogP contribution < -0.4 is 0 Å². The molecule has 0 aliphatic carbocycles. The molecule has 17 heavy (non-hydrogen) atoms. The standard InChI is InChI=1S/C15H28O2/c1-3-4-5-8-11-14(2)12-9-6-7-10-13-15(16)17/h8,11,14H,3-7,9-10,12-13H2,1-2H3,(H,16,17)/t14-/m0/s1. The number of unbranched alkanes of at least 4 members (excludes halogenated alkanes) is 5. The maximum Gasteiger partial charge on any atom is 0.303 e. The topological polar surface area (TPSA) is 37.3 Å². The lowest BCUT2D eigenvalue weighted by Gasteiger charge is -2.05. The molecule has 1 N–H and O–H groups in total. The van der Waals surface area contributed by atoms with Crippen LogP contribution in [0.2, 0.25) is 0 Å². The zero-order valence-electron chi connectivity index (χ0n) is 11.5. The van der Waals surface area contributed by atoms with Crippen LogP contribution in [-0.2, 0) is 4.79 Å². The Balaban J connectivity index is 3.29. The average molecular weight is 240 g/mol. The van der Waals surface area contributed by atoms with Gasteiger partial charge in [-0.3, -0.25) is 4.79 Å². The maximum atomic E-state index is 10.3. The van der Waals surface area contributed by atoms with Crippen molar-refractivity contribution in [3.05, 3.63) is 12.2 Å². The zero-order chi connectivity index (χ0) is 12.9. The van der Waals surface area contributed by atoms with Crippen LogP contribution in [0.1, 0.15) is 71.6 Å². The third-order valence-electron chi connectivity index (χ3n) is 2.99. The van der Waals surface area contributed by atoms with E-state index in [1.54, 1.807) is 0 Å². The van der Waals surface area contributed by atoms with Crippen LogP contribution in [0.25, 0.3) is 0 Å². The van der Waals surface area contributed by atoms with Gasteiger partial charge in [0.15, 0.2) is 0 Å². The Morgan fingerprint density at radius 3 is 2.53 bits per heavy atom. The molecule has 2 heteroatoms. The molecular formula is C15H28O2. The van der Waals surface area contributed by atoms with Crippen LogP contribution in [0.5, 0.6) is 0 Å². The van der Waals surface area contributed by atoms with Crippen molar-refractivity contribution < 1.29 is 9.90 Å². The highest BCUT2D eigenvalue weighted by Gasteiger charge is 1.99. The van der Waals surface area contributed by atoms with E-state index in [2.05, 4.69) is 26.0 Å². The van der Waals surface area contributed by atoms with E-state index < -0.39 is 5.97 Å². The summed E-state index contributed by atoms with van der Waals surface area (Å²) in [6.07, 6.45) is 14.2. The summed E-state index contributed by atoms with van der Waals surface area (Å²) in [4.78, 5) is 10.3. The number of carbonyl (C=O) groups is 1. The van der Waals surface area contributed by atoms with Crippen molar-refractivity contribution in [2.75, 3.05) is 0 Å². The first-order valence-corrected chi connectivity index (χ1v) is 7.05. The van der Waals surface area contributed by atoms with Gasteiger partial charge in [0.2, 0.25) is 0 Å². The molecule has 0 radical (unpaired) electrons. The van der Waals surface area contributed by atoms with E-state index in [4.69, 9.17) is 5.11 Å². The summed E-state index contributed by atoms with van der Waals surface area (Å²) in [7, 11) is 0. The number of rotatable bonds is 11. The summed E-state index contributed by atoms with van der Waals surface area (Å²) < 4.78 is 0. The molecule has 0 spiro atoms. The molecule has 0 saturated carbocycles. The van der Waals surface area contributed by atoms with Gasteiger partial charge in [0.05, 0.1) is 0 Å². The van der Waals surface area contributed by atoms with E-state index in [-0.39, 0.29) is 0 Å². The van der Waals surface area contributed by atoms with Crippen LogP contribution in [0.3, 0.4) is 0 Å². The molecule has 0 unspecified atom stereocenters. The van der Waals surface area contributed by atoms with Crippen molar-refractivity contribution in [3.8, 4) is 0 Å². The summed E-state index contributed by atoms with van der Waals surface area (Å²) in [5.41, 5.74) is 0. The predicted octanol–water partition coefficient (Wildman–Crippen LogP) is 4.79. The predicted molar refractivity (Wildman–Crippen MR) is 73.2 cm³/mol. The first-order chi connectivity index (χ1) is 8.16. The Labute approximate surface area is 106 Å². The van der Waals surface area contributed by atoms with Gasteiger partial charge in [-0.1, -0.05) is 58.1 Å². The lowest BCUT2D eigenvalue weighted by molar-refractivity contribution is -0.137. The van der Waals surface area contributed by atoms with Crippen LogP contribution >= 0.6 is 0 Å². The van der Waals surface area contributed by atoms with E-state index in [0.717, 1.165) is 12.8 Å². The van der Waals surface area contributed by atoms with Crippen molar-refractivity contribution in [1.29, 1.82) is 0 Å². The fraction of sp³-hybridized carbons (Fsp3) is 0.800. The summed E-state index contributed by atoms with van der Waals surface area (Å²) in [6, 6.07) is 0. The zero-order valence-corrected chi connectivity index (χ0v) is 11.5. The number of aliphatic carboxylic acids is 1. The molecule has 0 aromatic rings. The lowest BCUT2D eigenvalue weighted by atomic mass is 10.0. The van der Waals surface area contributed by atoms with E-state index in [9.17, 15) is 4.79 Å². The van der Waals surface area contributed by atoms with Gasteiger partial charge in [-0.25, -0.2) is 0 Å². The van der Waals surface area contributed by atoms with Crippen molar-refractivity contribution >= 4 is 5.97 Å². The van der Waals surface area contributed by atoms with Gasteiger partial charge in [-0.2, -0.15) is 0 Å². The average Bonchev–Trinajstić information content (AvgIpc) is 2.29. The SMILES string of the molecule is CCCCC=C[C@H](C)CCCCCCC(=O)O. The molecule has 100 valence electrons. The lowest BCUT2D eigenvalue weighted by Crippen LogP contribution is -1.94. The Kier molecular flexibility index (Phi) is 11.1. The smallest absolute Gasteiger partial charge is 0.303 e. The summed E-state index contributed by atoms with van der Waals surface area (Å²) in [5, 5.41) is 8.49. The van der Waals surface area contributed by atoms with Crippen molar-refractivity contribution in [2.45, 2.75) is 71.6 Å². The highest BCUT2D eigenvalue weighted by atomic mass is 16.4. The molecule has 0 heterocycles. The molecule has 0 aromatic heterocycles. The number of allylic oxidation sites excluding steroid dienone is 2. The van der Waals surface area contributed by atoms with Gasteiger partial charge in [0, 0.05) is 6.42 Å². The Bertz CT molecular complexity index is 209. The molecular weight excluding hydrogens is 212 g/mol. The molecule has 0 amide bonds. The minimum Gasteiger partial charge on any atom is -0.481 e. The van der Waals surface area contributed by atoms with E-state index in [1.807, 2.05) is 0 Å². The number of hydrogen-bond acceptors (Lipinski definition) is 1. The molecule has 0 aliphatic rings. The Hall–Kier alpha value is -0.790. The molecule has 0 rings (SSSR count). The molecule has 0 bridgehead atoms. The second-order valence-electron chi connectivity index (χ2n) is 4.89. The van der Waals surface area contributed by atoms with E-state index in [0.29, 0.717) is 12.3 Å². The number of carboxylic acids is 1. The molecule has 0 fully saturated rings. The first kappa shape index (κ1) is 16.2. The van der Waals surface area contributed by atoms with Crippen molar-refractivity contribution in [1.82, 2.24) is 0 Å². The van der Waals surface area contributed by atoms with Gasteiger partial charge >= 0.3 is 5.97 Å². The molecule has 1 atom stereocenters. The Morgan fingerprint density at radius 2 is 1.88 bits per heavy atom. The normalized spacial score (nSPS) is 13.1. The quantitative estimate of drug-likeness (QED) is 0.416. The minimum absolute atomic E-state index is 0.326. The van der Waals surface area contributed by atoms with Crippen molar-refractivity contribution in [3.63, 3.8) is 0 Å². The monoisotopic (exact) mass is 240 g/mol. The summed E-state index contributed by atoms with van der Waals surface area (Å²) >= 11 is 0. The Morgan fingerprint density at radius 1 is 1.18 bits per heavy atom. The van der Waals surface area contributed by atoms with Crippen LogP contribution in [0.15, 0.2) is 12.2 Å². The molecule has 0 saturated heterocycles. The second-order valence-corrected chi connectivity index (χ2v) is 4.89. The van der Waals surface area contributed by atoms with Gasteiger partial charge in [-0.15, -0.1) is 0 Å². The fourth-order valence-corrected chi connectivity index (χ4v) is 1.84. The van der Waals surface area contributed by atoms with Gasteiger partial charge in [-0.05, 0) is 25.2 Å². The van der Waals surface area contributed by atoms with Crippen molar-refractivity contribution in [2.24, 2.45) is 5.92 Å². The van der Waals surface area contributed by atoms with Crippen LogP contribution in [0, 0.1) is 5.92 Å². The molecule has 0 aliphatic heterocycles. The summed E-state index contributed by atoms with van der Waals surface area (Å²) in [5.74, 6) is 0.00329. The molecule has 0 aromatic carbocycles. The molecule has 2 nitrogen and oxygen atoms in total. The highest BCUT2D eigenvalue weighted by Crippen LogP contribution is 2.13. The van der Waals surface area contributed by atoms with Crippen LogP contribution in [0.4, 0.5) is 0 Å².